The molecule has 130 valence electrons. The predicted molar refractivity (Wildman–Crippen MR) is 95.0 cm³/mol. The average molecular weight is 361 g/mol. The first kappa shape index (κ1) is 17.4. The van der Waals surface area contributed by atoms with Gasteiger partial charge in [0.2, 0.25) is 11.8 Å². The highest BCUT2D eigenvalue weighted by Gasteiger charge is 2.30. The highest BCUT2D eigenvalue weighted by molar-refractivity contribution is 6.30. The van der Waals surface area contributed by atoms with Crippen molar-refractivity contribution in [2.45, 2.75) is 12.8 Å². The Labute approximate surface area is 150 Å². The first-order valence-electron chi connectivity index (χ1n) is 8.08. The fourth-order valence-electron chi connectivity index (χ4n) is 2.90. The molecule has 3 rings (SSSR count). The first-order chi connectivity index (χ1) is 12.0. The molecular formula is C19H18ClFN2O2. The first-order valence-corrected chi connectivity index (χ1v) is 8.46. The molecule has 1 aliphatic rings. The van der Waals surface area contributed by atoms with E-state index >= 15 is 0 Å². The number of anilines is 1. The Hall–Kier alpha value is -2.40. The van der Waals surface area contributed by atoms with Gasteiger partial charge in [0.1, 0.15) is 5.82 Å². The molecule has 2 aromatic rings. The van der Waals surface area contributed by atoms with Gasteiger partial charge in [0.15, 0.2) is 0 Å². The van der Waals surface area contributed by atoms with Crippen molar-refractivity contribution in [1.82, 2.24) is 5.32 Å². The van der Waals surface area contributed by atoms with Gasteiger partial charge in [-0.3, -0.25) is 9.59 Å². The lowest BCUT2D eigenvalue weighted by molar-refractivity contribution is -0.121. The summed E-state index contributed by atoms with van der Waals surface area (Å²) in [5.41, 5.74) is 1.57. The van der Waals surface area contributed by atoms with Gasteiger partial charge in [-0.2, -0.15) is 0 Å². The van der Waals surface area contributed by atoms with Crippen molar-refractivity contribution in [3.8, 4) is 0 Å². The van der Waals surface area contributed by atoms with Crippen LogP contribution in [0.25, 0.3) is 0 Å². The lowest BCUT2D eigenvalue weighted by Gasteiger charge is -2.17. The molecule has 0 spiro atoms. The van der Waals surface area contributed by atoms with Crippen LogP contribution in [0.3, 0.4) is 0 Å². The van der Waals surface area contributed by atoms with Crippen LogP contribution in [-0.2, 0) is 16.0 Å². The van der Waals surface area contributed by atoms with Crippen LogP contribution in [-0.4, -0.2) is 24.9 Å². The maximum atomic E-state index is 12.9. The minimum Gasteiger partial charge on any atom is -0.355 e. The van der Waals surface area contributed by atoms with Crippen LogP contribution in [0.15, 0.2) is 48.5 Å². The van der Waals surface area contributed by atoms with Crippen LogP contribution in [0.2, 0.25) is 5.02 Å². The van der Waals surface area contributed by atoms with Crippen LogP contribution >= 0.6 is 11.6 Å². The molecule has 1 unspecified atom stereocenters. The van der Waals surface area contributed by atoms with E-state index in [-0.39, 0.29) is 30.0 Å². The number of carbonyl (C=O) groups excluding carboxylic acids is 2. The number of hydrogen-bond donors (Lipinski definition) is 1. The molecule has 2 aromatic carbocycles. The van der Waals surface area contributed by atoms with Crippen LogP contribution in [0.5, 0.6) is 0 Å². The summed E-state index contributed by atoms with van der Waals surface area (Å²) in [5, 5.41) is 3.48. The molecule has 1 heterocycles. The largest absolute Gasteiger partial charge is 0.355 e. The zero-order valence-electron chi connectivity index (χ0n) is 13.5. The lowest BCUT2D eigenvalue weighted by atomic mass is 10.1. The summed E-state index contributed by atoms with van der Waals surface area (Å²) in [7, 11) is 0. The van der Waals surface area contributed by atoms with E-state index < -0.39 is 0 Å². The number of nitrogens with zero attached hydrogens (tertiary/aromatic N) is 1. The van der Waals surface area contributed by atoms with Gasteiger partial charge in [0, 0.05) is 36.1 Å². The summed E-state index contributed by atoms with van der Waals surface area (Å²) in [6.07, 6.45) is 0.599. The third-order valence-corrected chi connectivity index (χ3v) is 4.46. The van der Waals surface area contributed by atoms with E-state index in [2.05, 4.69) is 5.32 Å². The number of amides is 2. The van der Waals surface area contributed by atoms with E-state index in [0.29, 0.717) is 24.5 Å². The Bertz CT molecular complexity index is 762. The molecule has 2 amide bonds. The number of rotatable bonds is 5. The summed E-state index contributed by atoms with van der Waals surface area (Å²) in [6.45, 7) is 1.01. The smallest absolute Gasteiger partial charge is 0.227 e. The Kier molecular flexibility index (Phi) is 5.34. The molecule has 1 fully saturated rings. The van der Waals surface area contributed by atoms with Crippen molar-refractivity contribution in [3.05, 3.63) is 64.9 Å². The van der Waals surface area contributed by atoms with E-state index in [1.165, 1.54) is 12.1 Å². The molecule has 4 nitrogen and oxygen atoms in total. The zero-order valence-corrected chi connectivity index (χ0v) is 14.3. The lowest BCUT2D eigenvalue weighted by Crippen LogP contribution is -2.32. The molecule has 0 saturated carbocycles. The van der Waals surface area contributed by atoms with Crippen molar-refractivity contribution in [1.29, 1.82) is 0 Å². The second-order valence-electron chi connectivity index (χ2n) is 6.16. The van der Waals surface area contributed by atoms with E-state index in [1.54, 1.807) is 29.2 Å². The molecule has 0 aliphatic carbocycles. The van der Waals surface area contributed by atoms with E-state index in [1.807, 2.05) is 12.1 Å². The van der Waals surface area contributed by atoms with E-state index in [9.17, 15) is 14.0 Å². The van der Waals surface area contributed by atoms with E-state index in [4.69, 9.17) is 11.6 Å². The molecule has 6 heteroatoms. The van der Waals surface area contributed by atoms with Gasteiger partial charge in [0.05, 0.1) is 6.42 Å². The normalized spacial score (nSPS) is 17.0. The Morgan fingerprint density at radius 3 is 2.52 bits per heavy atom. The fourth-order valence-corrected chi connectivity index (χ4v) is 3.02. The van der Waals surface area contributed by atoms with Crippen LogP contribution in [0, 0.1) is 11.7 Å². The highest BCUT2D eigenvalue weighted by Crippen LogP contribution is 2.25. The summed E-state index contributed by atoms with van der Waals surface area (Å²) < 4.78 is 12.9. The van der Waals surface area contributed by atoms with Crippen molar-refractivity contribution in [2.75, 3.05) is 18.0 Å². The van der Waals surface area contributed by atoms with Gasteiger partial charge in [-0.25, -0.2) is 4.39 Å². The molecule has 25 heavy (non-hydrogen) atoms. The fraction of sp³-hybridized carbons (Fsp3) is 0.263. The number of hydrogen-bond acceptors (Lipinski definition) is 2. The standard InChI is InChI=1S/C19H18ClFN2O2/c20-15-3-7-17(8-4-15)23-12-14(10-19(23)25)11-22-18(24)9-13-1-5-16(21)6-2-13/h1-8,14H,9-12H2,(H,22,24). The highest BCUT2D eigenvalue weighted by atomic mass is 35.5. The van der Waals surface area contributed by atoms with Gasteiger partial charge in [-0.05, 0) is 42.0 Å². The quantitative estimate of drug-likeness (QED) is 0.890. The molecule has 0 aromatic heterocycles. The average Bonchev–Trinajstić information content (AvgIpc) is 2.97. The Morgan fingerprint density at radius 2 is 1.84 bits per heavy atom. The molecular weight excluding hydrogens is 343 g/mol. The van der Waals surface area contributed by atoms with Crippen LogP contribution in [0.1, 0.15) is 12.0 Å². The van der Waals surface area contributed by atoms with Crippen molar-refractivity contribution in [2.24, 2.45) is 5.92 Å². The van der Waals surface area contributed by atoms with Gasteiger partial charge in [-0.1, -0.05) is 23.7 Å². The Balaban J connectivity index is 1.50. The van der Waals surface area contributed by atoms with E-state index in [0.717, 1.165) is 11.3 Å². The third kappa shape index (κ3) is 4.57. The number of halogens is 2. The van der Waals surface area contributed by atoms with Gasteiger partial charge in [-0.15, -0.1) is 0 Å². The topological polar surface area (TPSA) is 49.4 Å². The van der Waals surface area contributed by atoms with Crippen molar-refractivity contribution >= 4 is 29.1 Å². The van der Waals surface area contributed by atoms with Gasteiger partial charge < -0.3 is 10.2 Å². The number of carbonyl (C=O) groups is 2. The van der Waals surface area contributed by atoms with Gasteiger partial charge in [0.25, 0.3) is 0 Å². The third-order valence-electron chi connectivity index (χ3n) is 4.21. The van der Waals surface area contributed by atoms with Crippen molar-refractivity contribution < 1.29 is 14.0 Å². The monoisotopic (exact) mass is 360 g/mol. The molecule has 1 aliphatic heterocycles. The minimum absolute atomic E-state index is 0.0418. The molecule has 1 N–H and O–H groups in total. The summed E-state index contributed by atoms with van der Waals surface area (Å²) in [4.78, 5) is 25.9. The molecule has 0 radical (unpaired) electrons. The number of benzene rings is 2. The maximum Gasteiger partial charge on any atom is 0.227 e. The predicted octanol–water partition coefficient (Wildman–Crippen LogP) is 3.19. The molecule has 1 atom stereocenters. The second-order valence-corrected chi connectivity index (χ2v) is 6.59. The SMILES string of the molecule is O=C(Cc1ccc(F)cc1)NCC1CC(=O)N(c2ccc(Cl)cc2)C1. The molecule has 0 bridgehead atoms. The minimum atomic E-state index is -0.323. The van der Waals surface area contributed by atoms with Gasteiger partial charge >= 0.3 is 0 Å². The summed E-state index contributed by atoms with van der Waals surface area (Å²) in [6, 6.07) is 13.0. The van der Waals surface area contributed by atoms with Crippen LogP contribution in [0.4, 0.5) is 10.1 Å². The number of nitrogens with one attached hydrogen (secondary N) is 1. The van der Waals surface area contributed by atoms with Crippen LogP contribution < -0.4 is 10.2 Å². The van der Waals surface area contributed by atoms with Crippen molar-refractivity contribution in [3.63, 3.8) is 0 Å². The second kappa shape index (κ2) is 7.66. The summed E-state index contributed by atoms with van der Waals surface area (Å²) >= 11 is 5.87. The Morgan fingerprint density at radius 1 is 1.16 bits per heavy atom. The molecule has 1 saturated heterocycles. The summed E-state index contributed by atoms with van der Waals surface area (Å²) in [5.74, 6) is -0.347. The maximum absolute atomic E-state index is 12.9. The zero-order chi connectivity index (χ0) is 17.8.